The molecule has 0 aliphatic carbocycles. The molecule has 0 radical (unpaired) electrons. The first-order valence-corrected chi connectivity index (χ1v) is 8.28. The van der Waals surface area contributed by atoms with Gasteiger partial charge in [-0.15, -0.1) is 0 Å². The molecule has 3 rings (SSSR count). The maximum atomic E-state index is 12.2. The van der Waals surface area contributed by atoms with Crippen LogP contribution in [0.2, 0.25) is 0 Å². The molecule has 0 aliphatic rings. The summed E-state index contributed by atoms with van der Waals surface area (Å²) in [5.41, 5.74) is 0.469. The number of hydrogen-bond donors (Lipinski definition) is 1. The van der Waals surface area contributed by atoms with Crippen LogP contribution in [0.4, 0.5) is 10.5 Å². The van der Waals surface area contributed by atoms with E-state index < -0.39 is 6.09 Å². The first kappa shape index (κ1) is 17.1. The Morgan fingerprint density at radius 2 is 1.60 bits per heavy atom. The van der Waals surface area contributed by atoms with Crippen molar-refractivity contribution in [2.45, 2.75) is 0 Å². The Balaban J connectivity index is 1.77. The first-order chi connectivity index (χ1) is 12.1. The molecule has 5 nitrogen and oxygen atoms in total. The summed E-state index contributed by atoms with van der Waals surface area (Å²) in [6.07, 6.45) is -0.608. The normalized spacial score (nSPS) is 10.4. The van der Waals surface area contributed by atoms with Crippen molar-refractivity contribution >= 4 is 38.5 Å². The minimum absolute atomic E-state index is 0.453. The lowest BCUT2D eigenvalue weighted by Crippen LogP contribution is -2.17. The number of methoxy groups -OCH3 is 2. The van der Waals surface area contributed by atoms with Crippen LogP contribution in [0.25, 0.3) is 10.8 Å². The molecule has 0 bridgehead atoms. The van der Waals surface area contributed by atoms with Crippen molar-refractivity contribution in [2.24, 2.45) is 0 Å². The molecule has 0 saturated heterocycles. The van der Waals surface area contributed by atoms with Crippen LogP contribution in [-0.4, -0.2) is 20.3 Å². The molecule has 0 aromatic heterocycles. The highest BCUT2D eigenvalue weighted by Crippen LogP contribution is 2.29. The Hall–Kier alpha value is -2.73. The summed E-state index contributed by atoms with van der Waals surface area (Å²) in [6.45, 7) is 0. The standard InChI is InChI=1S/C19H16BrNO4/c1-23-15-7-8-18(24-2)17(11-15)21-19(22)25-16-6-4-12-9-14(20)5-3-13(12)10-16/h3-11H,1-2H3,(H,21,22). The molecule has 1 amide bonds. The topological polar surface area (TPSA) is 56.8 Å². The van der Waals surface area contributed by atoms with E-state index >= 15 is 0 Å². The number of benzene rings is 3. The fourth-order valence-corrected chi connectivity index (χ4v) is 2.79. The fraction of sp³-hybridized carbons (Fsp3) is 0.105. The molecule has 3 aromatic rings. The van der Waals surface area contributed by atoms with Crippen molar-refractivity contribution in [2.75, 3.05) is 19.5 Å². The third-order valence-electron chi connectivity index (χ3n) is 3.63. The maximum absolute atomic E-state index is 12.2. The van der Waals surface area contributed by atoms with Gasteiger partial charge in [0.15, 0.2) is 0 Å². The molecule has 0 unspecified atom stereocenters. The molecule has 0 heterocycles. The van der Waals surface area contributed by atoms with Gasteiger partial charge in [0.1, 0.15) is 17.2 Å². The highest BCUT2D eigenvalue weighted by Gasteiger charge is 2.11. The van der Waals surface area contributed by atoms with Gasteiger partial charge in [0, 0.05) is 10.5 Å². The van der Waals surface area contributed by atoms with Crippen LogP contribution in [0.3, 0.4) is 0 Å². The van der Waals surface area contributed by atoms with Crippen molar-refractivity contribution in [1.82, 2.24) is 0 Å². The van der Waals surface area contributed by atoms with Crippen LogP contribution in [0.1, 0.15) is 0 Å². The lowest BCUT2D eigenvalue weighted by atomic mass is 10.1. The summed E-state index contributed by atoms with van der Waals surface area (Å²) in [6, 6.07) is 16.5. The monoisotopic (exact) mass is 401 g/mol. The van der Waals surface area contributed by atoms with Crippen molar-refractivity contribution in [3.63, 3.8) is 0 Å². The number of amides is 1. The highest BCUT2D eigenvalue weighted by molar-refractivity contribution is 9.10. The number of carbonyl (C=O) groups excluding carboxylic acids is 1. The second-order valence-electron chi connectivity index (χ2n) is 5.23. The van der Waals surface area contributed by atoms with E-state index in [-0.39, 0.29) is 0 Å². The average Bonchev–Trinajstić information content (AvgIpc) is 2.61. The number of anilines is 1. The number of carbonyl (C=O) groups is 1. The Bertz CT molecular complexity index is 926. The number of halogens is 1. The molecule has 3 aromatic carbocycles. The minimum Gasteiger partial charge on any atom is -0.497 e. The highest BCUT2D eigenvalue weighted by atomic mass is 79.9. The van der Waals surface area contributed by atoms with Gasteiger partial charge in [0.25, 0.3) is 0 Å². The van der Waals surface area contributed by atoms with E-state index in [1.165, 1.54) is 7.11 Å². The molecular formula is C19H16BrNO4. The summed E-state index contributed by atoms with van der Waals surface area (Å²) in [5, 5.41) is 4.70. The Labute approximate surface area is 153 Å². The number of ether oxygens (including phenoxy) is 3. The average molecular weight is 402 g/mol. The van der Waals surface area contributed by atoms with E-state index in [1.807, 2.05) is 30.3 Å². The number of hydrogen-bond acceptors (Lipinski definition) is 4. The third-order valence-corrected chi connectivity index (χ3v) is 4.12. The fourth-order valence-electron chi connectivity index (χ4n) is 2.41. The Morgan fingerprint density at radius 3 is 2.36 bits per heavy atom. The summed E-state index contributed by atoms with van der Waals surface area (Å²) in [7, 11) is 3.08. The molecule has 0 spiro atoms. The van der Waals surface area contributed by atoms with Crippen LogP contribution < -0.4 is 19.5 Å². The van der Waals surface area contributed by atoms with Gasteiger partial charge in [-0.05, 0) is 47.2 Å². The zero-order chi connectivity index (χ0) is 17.8. The van der Waals surface area contributed by atoms with Crippen LogP contribution in [-0.2, 0) is 0 Å². The lowest BCUT2D eigenvalue weighted by Gasteiger charge is -2.12. The number of rotatable bonds is 4. The summed E-state index contributed by atoms with van der Waals surface area (Å²) in [4.78, 5) is 12.2. The molecule has 6 heteroatoms. The number of nitrogens with one attached hydrogen (secondary N) is 1. The van der Waals surface area contributed by atoms with Gasteiger partial charge >= 0.3 is 6.09 Å². The van der Waals surface area contributed by atoms with Crippen molar-refractivity contribution in [3.05, 3.63) is 59.1 Å². The second kappa shape index (κ2) is 7.44. The molecule has 1 N–H and O–H groups in total. The van der Waals surface area contributed by atoms with Crippen LogP contribution >= 0.6 is 15.9 Å². The molecule has 25 heavy (non-hydrogen) atoms. The molecule has 128 valence electrons. The van der Waals surface area contributed by atoms with Gasteiger partial charge in [0.2, 0.25) is 0 Å². The Morgan fingerprint density at radius 1 is 0.880 bits per heavy atom. The SMILES string of the molecule is COc1ccc(OC)c(NC(=O)Oc2ccc3cc(Br)ccc3c2)c1. The van der Waals surface area contributed by atoms with Gasteiger partial charge in [-0.2, -0.15) is 0 Å². The van der Waals surface area contributed by atoms with E-state index in [0.717, 1.165) is 15.2 Å². The Kier molecular flexibility index (Phi) is 5.09. The molecule has 0 saturated carbocycles. The lowest BCUT2D eigenvalue weighted by molar-refractivity contribution is 0.215. The van der Waals surface area contributed by atoms with E-state index in [0.29, 0.717) is 22.9 Å². The number of fused-ring (bicyclic) bond motifs is 1. The summed E-state index contributed by atoms with van der Waals surface area (Å²) < 4.78 is 16.8. The smallest absolute Gasteiger partial charge is 0.417 e. The molecular weight excluding hydrogens is 386 g/mol. The molecule has 0 fully saturated rings. The van der Waals surface area contributed by atoms with Gasteiger partial charge < -0.3 is 14.2 Å². The van der Waals surface area contributed by atoms with Gasteiger partial charge in [-0.3, -0.25) is 5.32 Å². The van der Waals surface area contributed by atoms with E-state index in [2.05, 4.69) is 21.2 Å². The quantitative estimate of drug-likeness (QED) is 0.649. The van der Waals surface area contributed by atoms with Crippen molar-refractivity contribution in [3.8, 4) is 17.2 Å². The van der Waals surface area contributed by atoms with Gasteiger partial charge in [0.05, 0.1) is 19.9 Å². The predicted octanol–water partition coefficient (Wildman–Crippen LogP) is 5.23. The van der Waals surface area contributed by atoms with Crippen LogP contribution in [0, 0.1) is 0 Å². The van der Waals surface area contributed by atoms with Crippen LogP contribution in [0.5, 0.6) is 17.2 Å². The largest absolute Gasteiger partial charge is 0.497 e. The van der Waals surface area contributed by atoms with Gasteiger partial charge in [-0.1, -0.05) is 28.1 Å². The zero-order valence-electron chi connectivity index (χ0n) is 13.7. The van der Waals surface area contributed by atoms with Crippen molar-refractivity contribution in [1.29, 1.82) is 0 Å². The minimum atomic E-state index is -0.608. The molecule has 0 aliphatic heterocycles. The predicted molar refractivity (Wildman–Crippen MR) is 101 cm³/mol. The van der Waals surface area contributed by atoms with Crippen molar-refractivity contribution < 1.29 is 19.0 Å². The van der Waals surface area contributed by atoms with E-state index in [9.17, 15) is 4.79 Å². The van der Waals surface area contributed by atoms with Crippen LogP contribution in [0.15, 0.2) is 59.1 Å². The van der Waals surface area contributed by atoms with Gasteiger partial charge in [-0.25, -0.2) is 4.79 Å². The van der Waals surface area contributed by atoms with E-state index in [1.54, 1.807) is 31.4 Å². The first-order valence-electron chi connectivity index (χ1n) is 7.49. The zero-order valence-corrected chi connectivity index (χ0v) is 15.3. The second-order valence-corrected chi connectivity index (χ2v) is 6.15. The summed E-state index contributed by atoms with van der Waals surface area (Å²) >= 11 is 3.44. The summed E-state index contributed by atoms with van der Waals surface area (Å²) in [5.74, 6) is 1.57. The molecule has 0 atom stereocenters. The van der Waals surface area contributed by atoms with E-state index in [4.69, 9.17) is 14.2 Å². The third kappa shape index (κ3) is 4.03. The maximum Gasteiger partial charge on any atom is 0.417 e.